The molecule has 0 atom stereocenters. The van der Waals surface area contributed by atoms with Gasteiger partial charge in [0, 0.05) is 22.3 Å². The minimum Gasteiger partial charge on any atom is -0.359 e. The summed E-state index contributed by atoms with van der Waals surface area (Å²) < 4.78 is 0. The lowest BCUT2D eigenvalue weighted by Gasteiger charge is -2.17. The molecular formula is C13H18ClN3O. The van der Waals surface area contributed by atoms with Crippen LogP contribution in [0.1, 0.15) is 19.5 Å². The van der Waals surface area contributed by atoms with Crippen LogP contribution in [0.3, 0.4) is 0 Å². The van der Waals surface area contributed by atoms with E-state index in [1.165, 1.54) is 0 Å². The summed E-state index contributed by atoms with van der Waals surface area (Å²) in [5, 5.41) is 3.88. The molecule has 5 heteroatoms. The number of rotatable bonds is 2. The van der Waals surface area contributed by atoms with Gasteiger partial charge in [0.2, 0.25) is 5.91 Å². The van der Waals surface area contributed by atoms with E-state index in [0.29, 0.717) is 0 Å². The van der Waals surface area contributed by atoms with Gasteiger partial charge in [-0.15, -0.1) is 12.4 Å². The zero-order valence-corrected chi connectivity index (χ0v) is 11.5. The Morgan fingerprint density at radius 3 is 2.61 bits per heavy atom. The fourth-order valence-electron chi connectivity index (χ4n) is 1.65. The number of hydrogen-bond acceptors (Lipinski definition) is 2. The molecule has 0 aliphatic heterocycles. The molecule has 0 fully saturated rings. The molecule has 1 aromatic carbocycles. The summed E-state index contributed by atoms with van der Waals surface area (Å²) in [4.78, 5) is 15.0. The summed E-state index contributed by atoms with van der Waals surface area (Å²) in [6, 6.07) is 7.78. The molecule has 1 aromatic heterocycles. The van der Waals surface area contributed by atoms with Gasteiger partial charge in [-0.25, -0.2) is 0 Å². The molecule has 0 aliphatic carbocycles. The number of hydrogen-bond donors (Lipinski definition) is 3. The number of benzene rings is 1. The number of amides is 1. The third-order valence-electron chi connectivity index (χ3n) is 2.60. The van der Waals surface area contributed by atoms with Gasteiger partial charge >= 0.3 is 0 Å². The van der Waals surface area contributed by atoms with Crippen LogP contribution in [0.4, 0.5) is 5.69 Å². The maximum Gasteiger partial charge on any atom is 0.243 e. The second kappa shape index (κ2) is 5.00. The Morgan fingerprint density at radius 2 is 2.00 bits per heavy atom. The quantitative estimate of drug-likeness (QED) is 0.783. The van der Waals surface area contributed by atoms with Gasteiger partial charge in [0.05, 0.1) is 5.54 Å². The first-order valence-corrected chi connectivity index (χ1v) is 5.56. The maximum atomic E-state index is 11.7. The van der Waals surface area contributed by atoms with E-state index >= 15 is 0 Å². The standard InChI is InChI=1S/C13H17N3O.ClH/c1-8-6-9-7-10(4-5-11(9)15-8)16-12(17)13(2,3)14;/h4-7,15H,14H2,1-3H3,(H,16,17);1H. The minimum absolute atomic E-state index is 0. The molecule has 18 heavy (non-hydrogen) atoms. The highest BCUT2D eigenvalue weighted by Crippen LogP contribution is 2.20. The van der Waals surface area contributed by atoms with Crippen LogP contribution >= 0.6 is 12.4 Å². The first kappa shape index (κ1) is 14.5. The van der Waals surface area contributed by atoms with Gasteiger partial charge in [-0.1, -0.05) is 0 Å². The van der Waals surface area contributed by atoms with Crippen molar-refractivity contribution >= 4 is 34.9 Å². The molecule has 0 aliphatic rings. The van der Waals surface area contributed by atoms with Crippen molar-refractivity contribution in [2.75, 3.05) is 5.32 Å². The number of fused-ring (bicyclic) bond motifs is 1. The maximum absolute atomic E-state index is 11.7. The average Bonchev–Trinajstić information content (AvgIpc) is 2.55. The largest absolute Gasteiger partial charge is 0.359 e. The zero-order valence-electron chi connectivity index (χ0n) is 10.7. The number of halogens is 1. The van der Waals surface area contributed by atoms with Crippen LogP contribution in [0.15, 0.2) is 24.3 Å². The van der Waals surface area contributed by atoms with E-state index in [0.717, 1.165) is 22.3 Å². The van der Waals surface area contributed by atoms with E-state index in [1.807, 2.05) is 31.2 Å². The highest BCUT2D eigenvalue weighted by atomic mass is 35.5. The summed E-state index contributed by atoms with van der Waals surface area (Å²) in [6.45, 7) is 5.36. The molecule has 2 rings (SSSR count). The monoisotopic (exact) mass is 267 g/mol. The van der Waals surface area contributed by atoms with Crippen LogP contribution in [0.5, 0.6) is 0 Å². The minimum atomic E-state index is -0.872. The van der Waals surface area contributed by atoms with Crippen molar-refractivity contribution in [2.24, 2.45) is 5.73 Å². The fourth-order valence-corrected chi connectivity index (χ4v) is 1.65. The summed E-state index contributed by atoms with van der Waals surface area (Å²) in [7, 11) is 0. The number of carbonyl (C=O) groups is 1. The van der Waals surface area contributed by atoms with Gasteiger partial charge in [-0.05, 0) is 45.0 Å². The molecule has 1 amide bonds. The third kappa shape index (κ3) is 3.03. The highest BCUT2D eigenvalue weighted by Gasteiger charge is 2.21. The number of nitrogens with one attached hydrogen (secondary N) is 2. The normalized spacial score (nSPS) is 11.1. The van der Waals surface area contributed by atoms with E-state index in [1.54, 1.807) is 13.8 Å². The zero-order chi connectivity index (χ0) is 12.6. The number of aromatic nitrogens is 1. The van der Waals surface area contributed by atoms with Crippen LogP contribution < -0.4 is 11.1 Å². The first-order chi connectivity index (χ1) is 7.86. The van der Waals surface area contributed by atoms with Crippen molar-refractivity contribution in [1.82, 2.24) is 4.98 Å². The molecule has 4 N–H and O–H groups in total. The summed E-state index contributed by atoms with van der Waals surface area (Å²) >= 11 is 0. The molecule has 0 saturated heterocycles. The molecule has 0 bridgehead atoms. The number of anilines is 1. The lowest BCUT2D eigenvalue weighted by Crippen LogP contribution is -2.45. The van der Waals surface area contributed by atoms with E-state index in [-0.39, 0.29) is 18.3 Å². The Hall–Kier alpha value is -1.52. The second-order valence-corrected chi connectivity index (χ2v) is 4.93. The van der Waals surface area contributed by atoms with E-state index in [4.69, 9.17) is 5.73 Å². The summed E-state index contributed by atoms with van der Waals surface area (Å²) in [6.07, 6.45) is 0. The summed E-state index contributed by atoms with van der Waals surface area (Å²) in [5.74, 6) is -0.191. The van der Waals surface area contributed by atoms with Crippen molar-refractivity contribution in [3.63, 3.8) is 0 Å². The van der Waals surface area contributed by atoms with E-state index in [2.05, 4.69) is 10.3 Å². The predicted octanol–water partition coefficient (Wildman–Crippen LogP) is 2.57. The lowest BCUT2D eigenvalue weighted by atomic mass is 10.1. The SMILES string of the molecule is Cc1cc2cc(NC(=O)C(C)(C)N)ccc2[nH]1.Cl. The number of H-pyrrole nitrogens is 1. The highest BCUT2D eigenvalue weighted by molar-refractivity contribution is 5.98. The smallest absolute Gasteiger partial charge is 0.243 e. The molecular weight excluding hydrogens is 250 g/mol. The molecule has 0 unspecified atom stereocenters. The van der Waals surface area contributed by atoms with Gasteiger partial charge < -0.3 is 16.0 Å². The average molecular weight is 268 g/mol. The number of nitrogens with two attached hydrogens (primary N) is 1. The van der Waals surface area contributed by atoms with Crippen molar-refractivity contribution < 1.29 is 4.79 Å². The summed E-state index contributed by atoms with van der Waals surface area (Å²) in [5.41, 5.74) is 7.78. The Labute approximate surface area is 112 Å². The number of aromatic amines is 1. The van der Waals surface area contributed by atoms with E-state index in [9.17, 15) is 4.79 Å². The first-order valence-electron chi connectivity index (χ1n) is 5.56. The van der Waals surface area contributed by atoms with Crippen molar-refractivity contribution in [3.05, 3.63) is 30.0 Å². The fraction of sp³-hybridized carbons (Fsp3) is 0.308. The van der Waals surface area contributed by atoms with Gasteiger partial charge in [-0.3, -0.25) is 4.79 Å². The number of carbonyl (C=O) groups excluding carboxylic acids is 1. The van der Waals surface area contributed by atoms with Gasteiger partial charge in [0.25, 0.3) is 0 Å². The van der Waals surface area contributed by atoms with Gasteiger partial charge in [-0.2, -0.15) is 0 Å². The van der Waals surface area contributed by atoms with Crippen LogP contribution in [0, 0.1) is 6.92 Å². The second-order valence-electron chi connectivity index (χ2n) is 4.93. The van der Waals surface area contributed by atoms with Gasteiger partial charge in [0.1, 0.15) is 0 Å². The van der Waals surface area contributed by atoms with Crippen LogP contribution in [-0.2, 0) is 4.79 Å². The number of aryl methyl sites for hydroxylation is 1. The van der Waals surface area contributed by atoms with Crippen LogP contribution in [0.25, 0.3) is 10.9 Å². The molecule has 4 nitrogen and oxygen atoms in total. The Balaban J connectivity index is 0.00000162. The molecule has 1 heterocycles. The van der Waals surface area contributed by atoms with Crippen molar-refractivity contribution in [2.45, 2.75) is 26.3 Å². The van der Waals surface area contributed by atoms with E-state index < -0.39 is 5.54 Å². The molecule has 0 radical (unpaired) electrons. The predicted molar refractivity (Wildman–Crippen MR) is 77.2 cm³/mol. The van der Waals surface area contributed by atoms with Gasteiger partial charge in [0.15, 0.2) is 0 Å². The molecule has 98 valence electrons. The Kier molecular flexibility index (Phi) is 4.04. The Bertz CT molecular complexity index is 569. The Morgan fingerprint density at radius 1 is 1.33 bits per heavy atom. The van der Waals surface area contributed by atoms with Crippen molar-refractivity contribution in [1.29, 1.82) is 0 Å². The molecule has 0 spiro atoms. The van der Waals surface area contributed by atoms with Crippen molar-refractivity contribution in [3.8, 4) is 0 Å². The topological polar surface area (TPSA) is 70.9 Å². The van der Waals surface area contributed by atoms with Crippen LogP contribution in [0.2, 0.25) is 0 Å². The molecule has 0 saturated carbocycles. The lowest BCUT2D eigenvalue weighted by molar-refractivity contribution is -0.120. The molecule has 2 aromatic rings. The van der Waals surface area contributed by atoms with Crippen LogP contribution in [-0.4, -0.2) is 16.4 Å². The third-order valence-corrected chi connectivity index (χ3v) is 2.60.